The van der Waals surface area contributed by atoms with E-state index in [0.717, 1.165) is 12.8 Å². The number of ketones is 3. The van der Waals surface area contributed by atoms with E-state index in [1.165, 1.54) is 84.2 Å². The van der Waals surface area contributed by atoms with E-state index in [-0.39, 0.29) is 24.4 Å². The van der Waals surface area contributed by atoms with Gasteiger partial charge in [0.25, 0.3) is 0 Å². The molecule has 1 saturated carbocycles. The van der Waals surface area contributed by atoms with Gasteiger partial charge in [0, 0.05) is 12.8 Å². The molecule has 1 fully saturated rings. The molecule has 0 unspecified atom stereocenters. The lowest BCUT2D eigenvalue weighted by atomic mass is 9.63. The van der Waals surface area contributed by atoms with Crippen LogP contribution in [0.2, 0.25) is 0 Å². The highest BCUT2D eigenvalue weighted by Crippen LogP contribution is 2.40. The highest BCUT2D eigenvalue weighted by Gasteiger charge is 2.53. The summed E-state index contributed by atoms with van der Waals surface area (Å²) in [5, 5.41) is 0. The second-order valence-electron chi connectivity index (χ2n) is 10.6. The highest BCUT2D eigenvalue weighted by molar-refractivity contribution is 6.25. The Hall–Kier alpha value is -1.52. The highest BCUT2D eigenvalue weighted by atomic mass is 16.5. The first-order valence-electron chi connectivity index (χ1n) is 13.4. The zero-order valence-electron chi connectivity index (χ0n) is 21.7. The Labute approximate surface area is 201 Å². The fourth-order valence-electron chi connectivity index (χ4n) is 5.07. The summed E-state index contributed by atoms with van der Waals surface area (Å²) >= 11 is 0. The first kappa shape index (κ1) is 29.5. The van der Waals surface area contributed by atoms with Gasteiger partial charge in [-0.3, -0.25) is 19.2 Å². The van der Waals surface area contributed by atoms with Crippen LogP contribution in [0.5, 0.6) is 0 Å². The van der Waals surface area contributed by atoms with E-state index in [1.54, 1.807) is 13.8 Å². The van der Waals surface area contributed by atoms with Crippen molar-refractivity contribution in [1.82, 2.24) is 0 Å². The zero-order valence-corrected chi connectivity index (χ0v) is 21.7. The van der Waals surface area contributed by atoms with E-state index in [2.05, 4.69) is 6.92 Å². The summed E-state index contributed by atoms with van der Waals surface area (Å²) in [4.78, 5) is 50.0. The van der Waals surface area contributed by atoms with Crippen molar-refractivity contribution in [3.63, 3.8) is 0 Å². The smallest absolute Gasteiger partial charge is 0.316 e. The van der Waals surface area contributed by atoms with Crippen molar-refractivity contribution < 1.29 is 23.9 Å². The minimum atomic E-state index is -1.28. The zero-order chi connectivity index (χ0) is 24.7. The summed E-state index contributed by atoms with van der Waals surface area (Å²) in [5.41, 5.74) is -0.813. The number of methoxy groups -OCH3 is 1. The number of hydrogen-bond acceptors (Lipinski definition) is 5. The van der Waals surface area contributed by atoms with Gasteiger partial charge in [-0.25, -0.2) is 0 Å². The lowest BCUT2D eigenvalue weighted by Crippen LogP contribution is -2.51. The molecule has 0 aliphatic heterocycles. The van der Waals surface area contributed by atoms with Crippen LogP contribution in [0.25, 0.3) is 0 Å². The van der Waals surface area contributed by atoms with Crippen LogP contribution in [0.3, 0.4) is 0 Å². The second kappa shape index (κ2) is 16.2. The van der Waals surface area contributed by atoms with Gasteiger partial charge in [-0.05, 0) is 11.8 Å². The van der Waals surface area contributed by atoms with Crippen LogP contribution >= 0.6 is 0 Å². The normalized spacial score (nSPS) is 20.1. The number of hydrogen-bond donors (Lipinski definition) is 0. The van der Waals surface area contributed by atoms with Gasteiger partial charge in [0.2, 0.25) is 0 Å². The van der Waals surface area contributed by atoms with Gasteiger partial charge in [0.1, 0.15) is 11.8 Å². The molecule has 0 aromatic heterocycles. The monoisotopic (exact) mass is 464 g/mol. The Morgan fingerprint density at radius 2 is 1.21 bits per heavy atom. The van der Waals surface area contributed by atoms with Crippen LogP contribution in [0.15, 0.2) is 0 Å². The molecule has 0 aromatic rings. The summed E-state index contributed by atoms with van der Waals surface area (Å²) in [6, 6.07) is 0. The third-order valence-electron chi connectivity index (χ3n) is 7.09. The van der Waals surface area contributed by atoms with Crippen molar-refractivity contribution in [1.29, 1.82) is 0 Å². The average Bonchev–Trinajstić information content (AvgIpc) is 2.75. The maximum Gasteiger partial charge on any atom is 0.316 e. The van der Waals surface area contributed by atoms with Crippen LogP contribution in [-0.2, 0) is 23.9 Å². The lowest BCUT2D eigenvalue weighted by molar-refractivity contribution is -0.161. The fourth-order valence-corrected chi connectivity index (χ4v) is 5.07. The molecule has 1 rings (SSSR count). The predicted octanol–water partition coefficient (Wildman–Crippen LogP) is 6.79. The van der Waals surface area contributed by atoms with Gasteiger partial charge >= 0.3 is 5.97 Å². The third-order valence-corrected chi connectivity index (χ3v) is 7.09. The molecule has 0 saturated heterocycles. The summed E-state index contributed by atoms with van der Waals surface area (Å²) in [5.74, 6) is -4.24. The molecule has 33 heavy (non-hydrogen) atoms. The molecule has 0 bridgehead atoms. The summed E-state index contributed by atoms with van der Waals surface area (Å²) < 4.78 is 4.77. The fraction of sp³-hybridized carbons (Fsp3) is 0.857. The Morgan fingerprint density at radius 1 is 0.788 bits per heavy atom. The summed E-state index contributed by atoms with van der Waals surface area (Å²) in [6.07, 6.45) is 18.9. The van der Waals surface area contributed by atoms with Gasteiger partial charge in [-0.2, -0.15) is 0 Å². The second-order valence-corrected chi connectivity index (χ2v) is 10.6. The van der Waals surface area contributed by atoms with E-state index < -0.39 is 29.0 Å². The number of carbonyl (C=O) groups is 4. The van der Waals surface area contributed by atoms with Crippen LogP contribution < -0.4 is 0 Å². The maximum atomic E-state index is 12.8. The standard InChI is InChI=1S/C28H48O5/c1-5-6-7-8-9-10-11-12-13-14-15-16-17-18-19-20-22(29)24-23(30)21-28(2,3)25(26(24)31)27(32)33-4/h24-25H,5-21H2,1-4H3/t24-,25-/m1/s1. The first-order valence-corrected chi connectivity index (χ1v) is 13.4. The van der Waals surface area contributed by atoms with E-state index in [9.17, 15) is 19.2 Å². The molecule has 0 spiro atoms. The number of carbonyl (C=O) groups excluding carboxylic acids is 4. The molecule has 0 aromatic carbocycles. The van der Waals surface area contributed by atoms with E-state index in [0.29, 0.717) is 6.42 Å². The van der Waals surface area contributed by atoms with E-state index in [4.69, 9.17) is 4.74 Å². The van der Waals surface area contributed by atoms with Gasteiger partial charge in [-0.15, -0.1) is 0 Å². The Morgan fingerprint density at radius 3 is 1.64 bits per heavy atom. The Kier molecular flexibility index (Phi) is 14.5. The Bertz CT molecular complexity index is 622. The minimum Gasteiger partial charge on any atom is -0.468 e. The van der Waals surface area contributed by atoms with E-state index >= 15 is 0 Å². The van der Waals surface area contributed by atoms with Crippen molar-refractivity contribution >= 4 is 23.3 Å². The number of ether oxygens (including phenoxy) is 1. The van der Waals surface area contributed by atoms with Crippen molar-refractivity contribution in [2.75, 3.05) is 7.11 Å². The molecule has 0 radical (unpaired) electrons. The van der Waals surface area contributed by atoms with Gasteiger partial charge in [0.05, 0.1) is 7.11 Å². The molecular weight excluding hydrogens is 416 g/mol. The van der Waals surface area contributed by atoms with Crippen molar-refractivity contribution in [2.45, 2.75) is 130 Å². The molecule has 2 atom stereocenters. The number of unbranched alkanes of at least 4 members (excludes halogenated alkanes) is 14. The first-order chi connectivity index (χ1) is 15.8. The Balaban J connectivity index is 2.15. The van der Waals surface area contributed by atoms with Gasteiger partial charge < -0.3 is 4.74 Å². The average molecular weight is 465 g/mol. The molecule has 190 valence electrons. The molecule has 0 N–H and O–H groups in total. The lowest BCUT2D eigenvalue weighted by Gasteiger charge is -2.37. The number of Topliss-reactive ketones (excluding diaryl/α,β-unsaturated/α-hetero) is 3. The SMILES string of the molecule is CCCCCCCCCCCCCCCCCC(=O)[C@@H]1C(=O)CC(C)(C)[C@@H](C(=O)OC)C1=O. The van der Waals surface area contributed by atoms with Crippen molar-refractivity contribution in [3.8, 4) is 0 Å². The molecule has 5 nitrogen and oxygen atoms in total. The topological polar surface area (TPSA) is 77.5 Å². The van der Waals surface area contributed by atoms with Gasteiger partial charge in [0.15, 0.2) is 17.3 Å². The molecular formula is C28H48O5. The van der Waals surface area contributed by atoms with Crippen LogP contribution in [0.1, 0.15) is 130 Å². The molecule has 0 amide bonds. The third kappa shape index (κ3) is 10.5. The predicted molar refractivity (Wildman–Crippen MR) is 132 cm³/mol. The van der Waals surface area contributed by atoms with Crippen LogP contribution in [0, 0.1) is 17.3 Å². The summed E-state index contributed by atoms with van der Waals surface area (Å²) in [7, 11) is 1.23. The maximum absolute atomic E-state index is 12.8. The molecule has 1 aliphatic rings. The van der Waals surface area contributed by atoms with E-state index in [1.807, 2.05) is 0 Å². The van der Waals surface area contributed by atoms with Crippen molar-refractivity contribution in [3.05, 3.63) is 0 Å². The molecule has 1 aliphatic carbocycles. The number of esters is 1. The number of rotatable bonds is 18. The largest absolute Gasteiger partial charge is 0.468 e. The van der Waals surface area contributed by atoms with Crippen LogP contribution in [-0.4, -0.2) is 30.4 Å². The van der Waals surface area contributed by atoms with Crippen molar-refractivity contribution in [2.24, 2.45) is 17.3 Å². The molecule has 0 heterocycles. The minimum absolute atomic E-state index is 0.0494. The van der Waals surface area contributed by atoms with Crippen LogP contribution in [0.4, 0.5) is 0 Å². The molecule has 5 heteroatoms. The van der Waals surface area contributed by atoms with Gasteiger partial charge in [-0.1, -0.05) is 111 Å². The summed E-state index contributed by atoms with van der Waals surface area (Å²) in [6.45, 7) is 5.67. The quantitative estimate of drug-likeness (QED) is 0.127.